The van der Waals surface area contributed by atoms with Crippen LogP contribution in [-0.2, 0) is 16.0 Å². The summed E-state index contributed by atoms with van der Waals surface area (Å²) in [5, 5.41) is 2.86. The van der Waals surface area contributed by atoms with Crippen LogP contribution in [0.15, 0.2) is 60.9 Å². The van der Waals surface area contributed by atoms with Gasteiger partial charge in [0.25, 0.3) is 0 Å². The number of imidazole rings is 1. The van der Waals surface area contributed by atoms with Gasteiger partial charge in [-0.3, -0.25) is 18.8 Å². The minimum absolute atomic E-state index is 0.0444. The molecule has 1 N–H and O–H groups in total. The molecule has 2 aromatic heterocycles. The fourth-order valence-corrected chi connectivity index (χ4v) is 4.96. The van der Waals surface area contributed by atoms with Crippen molar-refractivity contribution in [3.8, 4) is 11.3 Å². The maximum Gasteiger partial charge on any atom is 0.228 e. The summed E-state index contributed by atoms with van der Waals surface area (Å²) in [7, 11) is 0. The normalized spacial score (nSPS) is 15.2. The van der Waals surface area contributed by atoms with E-state index >= 15 is 0 Å². The number of piperazine rings is 1. The number of ketones is 1. The predicted molar refractivity (Wildman–Crippen MR) is 135 cm³/mol. The van der Waals surface area contributed by atoms with Crippen molar-refractivity contribution < 1.29 is 14.4 Å². The van der Waals surface area contributed by atoms with Crippen LogP contribution in [0.5, 0.6) is 0 Å². The molecule has 2 aliphatic heterocycles. The van der Waals surface area contributed by atoms with Crippen molar-refractivity contribution >= 4 is 34.8 Å². The summed E-state index contributed by atoms with van der Waals surface area (Å²) in [6.07, 6.45) is 3.82. The Bertz CT molecular complexity index is 1520. The second kappa shape index (κ2) is 8.60. The summed E-state index contributed by atoms with van der Waals surface area (Å²) < 4.78 is 1.90. The molecule has 6 rings (SSSR count). The number of amides is 2. The fourth-order valence-electron chi connectivity index (χ4n) is 4.96. The summed E-state index contributed by atoms with van der Waals surface area (Å²) in [6.45, 7) is 4.04. The van der Waals surface area contributed by atoms with Crippen LogP contribution in [0, 0.1) is 0 Å². The van der Waals surface area contributed by atoms with E-state index in [2.05, 4.69) is 15.2 Å². The van der Waals surface area contributed by atoms with Gasteiger partial charge in [0, 0.05) is 62.3 Å². The van der Waals surface area contributed by atoms with Crippen LogP contribution < -0.4 is 10.2 Å². The molecule has 0 saturated carbocycles. The Morgan fingerprint density at radius 3 is 2.53 bits per heavy atom. The molecule has 180 valence electrons. The van der Waals surface area contributed by atoms with Crippen LogP contribution in [0.1, 0.15) is 28.5 Å². The van der Waals surface area contributed by atoms with Gasteiger partial charge in [0.2, 0.25) is 17.6 Å². The lowest BCUT2D eigenvalue weighted by molar-refractivity contribution is -0.129. The highest BCUT2D eigenvalue weighted by atomic mass is 16.2. The van der Waals surface area contributed by atoms with Crippen LogP contribution >= 0.6 is 0 Å². The van der Waals surface area contributed by atoms with Gasteiger partial charge in [-0.25, -0.2) is 9.97 Å². The standard InChI is InChI=1S/C27H24N6O3/c1-17(34)31-11-13-32(14-12-31)26-27-30-23(25(36)18-5-3-2-4-6-18)24(33(27)10-9-28-26)19-7-8-21-20(15-19)16-22(35)29-21/h2-10,15H,11-14,16H2,1H3,(H,29,35). The SMILES string of the molecule is CC(=O)N1CCN(c2nccn3c(-c4ccc5c(c4)CC(=O)N5)c(C(=O)c4ccccc4)nc23)CC1. The van der Waals surface area contributed by atoms with E-state index in [1.54, 1.807) is 25.3 Å². The summed E-state index contributed by atoms with van der Waals surface area (Å²) in [4.78, 5) is 50.8. The monoisotopic (exact) mass is 480 g/mol. The average molecular weight is 481 g/mol. The number of nitrogens with one attached hydrogen (secondary N) is 1. The third-order valence-electron chi connectivity index (χ3n) is 6.80. The Hall–Kier alpha value is -4.53. The Morgan fingerprint density at radius 1 is 1.00 bits per heavy atom. The molecule has 9 nitrogen and oxygen atoms in total. The topological polar surface area (TPSA) is 99.9 Å². The summed E-state index contributed by atoms with van der Waals surface area (Å²) >= 11 is 0. The lowest BCUT2D eigenvalue weighted by atomic mass is 10.0. The number of benzene rings is 2. The van der Waals surface area contributed by atoms with Crippen molar-refractivity contribution in [1.29, 1.82) is 0 Å². The Balaban J connectivity index is 1.50. The zero-order valence-electron chi connectivity index (χ0n) is 19.8. The molecule has 36 heavy (non-hydrogen) atoms. The predicted octanol–water partition coefficient (Wildman–Crippen LogP) is 2.79. The molecule has 0 spiro atoms. The fraction of sp³-hybridized carbons (Fsp3) is 0.222. The highest BCUT2D eigenvalue weighted by Gasteiger charge is 2.28. The first kappa shape index (κ1) is 22.0. The van der Waals surface area contributed by atoms with E-state index in [9.17, 15) is 14.4 Å². The zero-order chi connectivity index (χ0) is 24.8. The van der Waals surface area contributed by atoms with Gasteiger partial charge in [0.1, 0.15) is 5.69 Å². The number of hydrogen-bond acceptors (Lipinski definition) is 6. The number of carbonyl (C=O) groups is 3. The lowest BCUT2D eigenvalue weighted by Crippen LogP contribution is -2.48. The smallest absolute Gasteiger partial charge is 0.228 e. The van der Waals surface area contributed by atoms with Crippen LogP contribution in [0.25, 0.3) is 16.9 Å². The number of aromatic nitrogens is 3. The number of carbonyl (C=O) groups excluding carboxylic acids is 3. The molecule has 0 atom stereocenters. The average Bonchev–Trinajstić information content (AvgIpc) is 3.48. The molecule has 0 radical (unpaired) electrons. The lowest BCUT2D eigenvalue weighted by Gasteiger charge is -2.34. The number of nitrogens with zero attached hydrogens (tertiary/aromatic N) is 5. The first-order chi connectivity index (χ1) is 17.5. The number of rotatable bonds is 4. The molecule has 0 unspecified atom stereocenters. The summed E-state index contributed by atoms with van der Waals surface area (Å²) in [5.74, 6) is 0.504. The number of anilines is 2. The van der Waals surface area contributed by atoms with Gasteiger partial charge in [-0.15, -0.1) is 0 Å². The minimum Gasteiger partial charge on any atom is -0.350 e. The molecule has 1 fully saturated rings. The molecular weight excluding hydrogens is 456 g/mol. The third-order valence-corrected chi connectivity index (χ3v) is 6.80. The molecule has 4 aromatic rings. The molecule has 4 heterocycles. The first-order valence-electron chi connectivity index (χ1n) is 11.9. The van der Waals surface area contributed by atoms with Crippen molar-refractivity contribution in [2.75, 3.05) is 36.4 Å². The van der Waals surface area contributed by atoms with Gasteiger partial charge in [-0.2, -0.15) is 0 Å². The Kier molecular flexibility index (Phi) is 5.25. The largest absolute Gasteiger partial charge is 0.350 e. The van der Waals surface area contributed by atoms with Crippen molar-refractivity contribution in [2.24, 2.45) is 0 Å². The van der Waals surface area contributed by atoms with Crippen molar-refractivity contribution in [3.63, 3.8) is 0 Å². The third kappa shape index (κ3) is 3.69. The van der Waals surface area contributed by atoms with Gasteiger partial charge in [-0.1, -0.05) is 36.4 Å². The summed E-state index contributed by atoms with van der Waals surface area (Å²) in [5.41, 5.74) is 4.60. The molecule has 2 aromatic carbocycles. The highest BCUT2D eigenvalue weighted by Crippen LogP contribution is 2.34. The van der Waals surface area contributed by atoms with Gasteiger partial charge >= 0.3 is 0 Å². The van der Waals surface area contributed by atoms with Crippen LogP contribution in [0.3, 0.4) is 0 Å². The van der Waals surface area contributed by atoms with Gasteiger partial charge in [0.15, 0.2) is 11.5 Å². The maximum atomic E-state index is 13.7. The Morgan fingerprint density at radius 2 is 1.78 bits per heavy atom. The molecule has 2 aliphatic rings. The van der Waals surface area contributed by atoms with E-state index in [0.29, 0.717) is 61.0 Å². The van der Waals surface area contributed by atoms with Crippen LogP contribution in [-0.4, -0.2) is 63.0 Å². The minimum atomic E-state index is -0.184. The first-order valence-corrected chi connectivity index (χ1v) is 11.9. The number of fused-ring (bicyclic) bond motifs is 2. The quantitative estimate of drug-likeness (QED) is 0.451. The highest BCUT2D eigenvalue weighted by molar-refractivity contribution is 6.12. The van der Waals surface area contributed by atoms with E-state index < -0.39 is 0 Å². The zero-order valence-corrected chi connectivity index (χ0v) is 19.8. The molecule has 0 bridgehead atoms. The Labute approximate surface area is 207 Å². The van der Waals surface area contributed by atoms with E-state index in [4.69, 9.17) is 4.98 Å². The second-order valence-electron chi connectivity index (χ2n) is 9.04. The maximum absolute atomic E-state index is 13.7. The van der Waals surface area contributed by atoms with Crippen LogP contribution in [0.2, 0.25) is 0 Å². The van der Waals surface area contributed by atoms with Crippen molar-refractivity contribution in [2.45, 2.75) is 13.3 Å². The number of hydrogen-bond donors (Lipinski definition) is 1. The van der Waals surface area contributed by atoms with E-state index in [0.717, 1.165) is 16.8 Å². The molecule has 2 amide bonds. The second-order valence-corrected chi connectivity index (χ2v) is 9.04. The van der Waals surface area contributed by atoms with Crippen LogP contribution in [0.4, 0.5) is 11.5 Å². The molecule has 1 saturated heterocycles. The van der Waals surface area contributed by atoms with Gasteiger partial charge < -0.3 is 15.1 Å². The van der Waals surface area contributed by atoms with E-state index in [1.807, 2.05) is 51.9 Å². The van der Waals surface area contributed by atoms with Gasteiger partial charge in [-0.05, 0) is 17.7 Å². The van der Waals surface area contributed by atoms with E-state index in [1.165, 1.54) is 0 Å². The molecule has 9 heteroatoms. The van der Waals surface area contributed by atoms with Crippen molar-refractivity contribution in [3.05, 3.63) is 77.7 Å². The molecule has 0 aliphatic carbocycles. The summed E-state index contributed by atoms with van der Waals surface area (Å²) in [6, 6.07) is 14.8. The van der Waals surface area contributed by atoms with Gasteiger partial charge in [0.05, 0.1) is 12.1 Å². The van der Waals surface area contributed by atoms with E-state index in [-0.39, 0.29) is 17.6 Å². The molecular formula is C27H24N6O3. The van der Waals surface area contributed by atoms with Crippen molar-refractivity contribution in [1.82, 2.24) is 19.3 Å².